The number of hydrogen-bond donors (Lipinski definition) is 1. The molecule has 3 aliphatic rings. The van der Waals surface area contributed by atoms with Crippen LogP contribution >= 0.6 is 43.5 Å². The second-order valence-electron chi connectivity index (χ2n) is 7.89. The molecule has 2 aliphatic carbocycles. The zero-order valence-electron chi connectivity index (χ0n) is 15.9. The first kappa shape index (κ1) is 21.8. The van der Waals surface area contributed by atoms with Crippen molar-refractivity contribution in [2.75, 3.05) is 18.5 Å². The molecule has 1 aliphatic heterocycles. The highest BCUT2D eigenvalue weighted by molar-refractivity contribution is 9.12. The Morgan fingerprint density at radius 1 is 1.17 bits per heavy atom. The quantitative estimate of drug-likeness (QED) is 0.339. The first-order valence-corrected chi connectivity index (χ1v) is 11.8. The third-order valence-corrected chi connectivity index (χ3v) is 9.89. The number of imide groups is 1. The van der Waals surface area contributed by atoms with Crippen LogP contribution in [0.5, 0.6) is 0 Å². The fourth-order valence-electron chi connectivity index (χ4n) is 4.82. The van der Waals surface area contributed by atoms with Crippen LogP contribution in [0.1, 0.15) is 12.0 Å². The molecule has 0 unspecified atom stereocenters. The highest BCUT2D eigenvalue weighted by Gasteiger charge is 2.66. The van der Waals surface area contributed by atoms with E-state index in [4.69, 9.17) is 16.3 Å². The van der Waals surface area contributed by atoms with Crippen molar-refractivity contribution in [3.63, 3.8) is 0 Å². The number of fused-ring (bicyclic) bond motifs is 5. The number of amides is 3. The first-order valence-electron chi connectivity index (χ1n) is 9.54. The van der Waals surface area contributed by atoms with Crippen molar-refractivity contribution in [2.24, 2.45) is 23.7 Å². The van der Waals surface area contributed by atoms with E-state index < -0.39 is 25.0 Å². The molecule has 4 rings (SSSR count). The maximum absolute atomic E-state index is 12.8. The minimum Gasteiger partial charge on any atom is -0.454 e. The second-order valence-corrected chi connectivity index (χ2v) is 10.4. The van der Waals surface area contributed by atoms with E-state index in [1.807, 2.05) is 0 Å². The Kier molecular flexibility index (Phi) is 5.98. The minimum absolute atomic E-state index is 0.0774. The fourth-order valence-corrected chi connectivity index (χ4v) is 6.86. The Labute approximate surface area is 195 Å². The van der Waals surface area contributed by atoms with Gasteiger partial charge in [-0.15, -0.1) is 0 Å². The molecule has 0 spiro atoms. The predicted octanol–water partition coefficient (Wildman–Crippen LogP) is 2.91. The van der Waals surface area contributed by atoms with Gasteiger partial charge in [0.25, 0.3) is 5.91 Å². The molecule has 1 saturated heterocycles. The molecular formula is C20H19Br2ClN2O5. The van der Waals surface area contributed by atoms with Crippen molar-refractivity contribution in [2.45, 2.75) is 23.0 Å². The van der Waals surface area contributed by atoms with Crippen LogP contribution < -0.4 is 5.32 Å². The van der Waals surface area contributed by atoms with Crippen LogP contribution in [-0.4, -0.2) is 51.4 Å². The lowest BCUT2D eigenvalue weighted by molar-refractivity contribution is -0.154. The van der Waals surface area contributed by atoms with Crippen LogP contribution in [0.2, 0.25) is 5.02 Å². The van der Waals surface area contributed by atoms with E-state index in [2.05, 4.69) is 37.2 Å². The molecule has 6 atom stereocenters. The SMILES string of the molecule is Cc1c(Cl)cccc1NC(=O)COC(=O)CN1C(=O)[C@@H]2[C@H]3C[C@@H]([C@H](Br)[C@H]3Br)[C@H]2C1=O. The summed E-state index contributed by atoms with van der Waals surface area (Å²) in [4.78, 5) is 51.1. The maximum Gasteiger partial charge on any atom is 0.326 e. The molecule has 2 bridgehead atoms. The molecule has 2 saturated carbocycles. The van der Waals surface area contributed by atoms with Crippen molar-refractivity contribution >= 4 is 72.8 Å². The Hall–Kier alpha value is -1.45. The van der Waals surface area contributed by atoms with E-state index >= 15 is 0 Å². The van der Waals surface area contributed by atoms with Gasteiger partial charge in [0.05, 0.1) is 11.8 Å². The highest BCUT2D eigenvalue weighted by atomic mass is 79.9. The summed E-state index contributed by atoms with van der Waals surface area (Å²) < 4.78 is 4.99. The molecule has 10 heteroatoms. The van der Waals surface area contributed by atoms with Crippen molar-refractivity contribution in [3.05, 3.63) is 28.8 Å². The summed E-state index contributed by atoms with van der Waals surface area (Å²) in [7, 11) is 0. The number of nitrogens with one attached hydrogen (secondary N) is 1. The lowest BCUT2D eigenvalue weighted by Gasteiger charge is -2.28. The molecule has 3 amide bonds. The van der Waals surface area contributed by atoms with E-state index in [1.54, 1.807) is 25.1 Å². The number of benzene rings is 1. The molecule has 30 heavy (non-hydrogen) atoms. The molecule has 1 N–H and O–H groups in total. The van der Waals surface area contributed by atoms with E-state index in [9.17, 15) is 19.2 Å². The summed E-state index contributed by atoms with van der Waals surface area (Å²) in [5, 5.41) is 3.13. The van der Waals surface area contributed by atoms with Gasteiger partial charge in [-0.3, -0.25) is 24.1 Å². The van der Waals surface area contributed by atoms with Crippen molar-refractivity contribution in [3.8, 4) is 0 Å². The van der Waals surface area contributed by atoms with Gasteiger partial charge >= 0.3 is 5.97 Å². The summed E-state index contributed by atoms with van der Waals surface area (Å²) >= 11 is 13.3. The Morgan fingerprint density at radius 3 is 2.37 bits per heavy atom. The molecule has 160 valence electrons. The molecule has 1 heterocycles. The largest absolute Gasteiger partial charge is 0.454 e. The second kappa shape index (κ2) is 8.24. The van der Waals surface area contributed by atoms with E-state index in [0.717, 1.165) is 11.3 Å². The number of carbonyl (C=O) groups is 4. The number of carbonyl (C=O) groups excluding carboxylic acids is 4. The molecule has 0 aromatic heterocycles. The summed E-state index contributed by atoms with van der Waals surface area (Å²) in [5.41, 5.74) is 1.22. The van der Waals surface area contributed by atoms with Crippen LogP contribution in [0.3, 0.4) is 0 Å². The number of halogens is 3. The molecule has 7 nitrogen and oxygen atoms in total. The van der Waals surface area contributed by atoms with Gasteiger partial charge in [-0.05, 0) is 42.9 Å². The summed E-state index contributed by atoms with van der Waals surface area (Å²) in [5.74, 6) is -2.60. The number of likely N-dealkylation sites (tertiary alicyclic amines) is 1. The highest BCUT2D eigenvalue weighted by Crippen LogP contribution is 2.60. The Bertz CT molecular complexity index is 910. The van der Waals surface area contributed by atoms with E-state index in [1.165, 1.54) is 0 Å². The molecule has 0 radical (unpaired) electrons. The van der Waals surface area contributed by atoms with Gasteiger partial charge in [-0.25, -0.2) is 0 Å². The van der Waals surface area contributed by atoms with E-state index in [-0.39, 0.29) is 45.1 Å². The Morgan fingerprint density at radius 2 is 1.77 bits per heavy atom. The summed E-state index contributed by atoms with van der Waals surface area (Å²) in [6, 6.07) is 5.08. The lowest BCUT2D eigenvalue weighted by atomic mass is 9.81. The monoisotopic (exact) mass is 560 g/mol. The maximum atomic E-state index is 12.8. The normalized spacial score (nSPS) is 31.8. The van der Waals surface area contributed by atoms with Crippen molar-refractivity contribution < 1.29 is 23.9 Å². The van der Waals surface area contributed by atoms with Crippen molar-refractivity contribution in [1.29, 1.82) is 0 Å². The van der Waals surface area contributed by atoms with Gasteiger partial charge in [-0.1, -0.05) is 49.5 Å². The number of rotatable bonds is 5. The average Bonchev–Trinajstić information content (AvgIpc) is 3.31. The van der Waals surface area contributed by atoms with Gasteiger partial charge in [0.1, 0.15) is 6.54 Å². The van der Waals surface area contributed by atoms with Gasteiger partial charge in [0.2, 0.25) is 11.8 Å². The van der Waals surface area contributed by atoms with Crippen LogP contribution in [0.4, 0.5) is 5.69 Å². The number of nitrogens with zero attached hydrogens (tertiary/aromatic N) is 1. The number of esters is 1. The van der Waals surface area contributed by atoms with Crippen LogP contribution in [-0.2, 0) is 23.9 Å². The number of alkyl halides is 2. The minimum atomic E-state index is -0.798. The van der Waals surface area contributed by atoms with Crippen LogP contribution in [0, 0.1) is 30.6 Å². The smallest absolute Gasteiger partial charge is 0.326 e. The Balaban J connectivity index is 1.33. The third kappa shape index (κ3) is 3.58. The van der Waals surface area contributed by atoms with Gasteiger partial charge < -0.3 is 10.1 Å². The molecule has 3 fully saturated rings. The van der Waals surface area contributed by atoms with E-state index in [0.29, 0.717) is 16.3 Å². The number of ether oxygens (including phenoxy) is 1. The number of anilines is 1. The van der Waals surface area contributed by atoms with Crippen molar-refractivity contribution in [1.82, 2.24) is 4.90 Å². The first-order chi connectivity index (χ1) is 14.2. The average molecular weight is 563 g/mol. The zero-order valence-corrected chi connectivity index (χ0v) is 19.9. The predicted molar refractivity (Wildman–Crippen MR) is 117 cm³/mol. The third-order valence-electron chi connectivity index (χ3n) is 6.27. The zero-order chi connectivity index (χ0) is 21.7. The summed E-state index contributed by atoms with van der Waals surface area (Å²) in [6.45, 7) is 0.757. The van der Waals surface area contributed by atoms with Crippen LogP contribution in [0.15, 0.2) is 18.2 Å². The van der Waals surface area contributed by atoms with Gasteiger partial charge in [0.15, 0.2) is 6.61 Å². The molecule has 1 aromatic rings. The number of hydrogen-bond acceptors (Lipinski definition) is 5. The molecule has 1 aromatic carbocycles. The topological polar surface area (TPSA) is 92.8 Å². The molecular weight excluding hydrogens is 543 g/mol. The standard InChI is InChI=1S/C20H19Br2ClN2O5/c1-8-11(23)3-2-4-12(8)24-13(26)7-30-14(27)6-25-19(28)15-9-5-10(16(15)20(25)29)18(22)17(9)21/h2-4,9-10,15-18H,5-7H2,1H3,(H,24,26)/t9-,10-,15-,16-,17+,18+/m1/s1. The summed E-state index contributed by atoms with van der Waals surface area (Å²) in [6.07, 6.45) is 0.819. The van der Waals surface area contributed by atoms with Gasteiger partial charge in [0, 0.05) is 20.4 Å². The van der Waals surface area contributed by atoms with Gasteiger partial charge in [-0.2, -0.15) is 0 Å². The lowest BCUT2D eigenvalue weighted by Crippen LogP contribution is -2.38. The fraction of sp³-hybridized carbons (Fsp3) is 0.500. The van der Waals surface area contributed by atoms with Crippen LogP contribution in [0.25, 0.3) is 0 Å².